The Morgan fingerprint density at radius 2 is 1.75 bits per heavy atom. The molecule has 0 aliphatic carbocycles. The van der Waals surface area contributed by atoms with Crippen LogP contribution in [-0.2, 0) is 14.4 Å². The second-order valence-corrected chi connectivity index (χ2v) is 9.96. The summed E-state index contributed by atoms with van der Waals surface area (Å²) in [7, 11) is 1.39. The van der Waals surface area contributed by atoms with E-state index in [1.807, 2.05) is 19.1 Å². The number of ether oxygens (including phenoxy) is 2. The average Bonchev–Trinajstić information content (AvgIpc) is 3.16. The van der Waals surface area contributed by atoms with E-state index in [0.29, 0.717) is 23.0 Å². The van der Waals surface area contributed by atoms with E-state index < -0.39 is 35.3 Å². The number of nitrogens with one attached hydrogen (secondary N) is 2. The van der Waals surface area contributed by atoms with Crippen LogP contribution in [0.15, 0.2) is 65.6 Å². The molecule has 1 aliphatic heterocycles. The molecule has 206 valence electrons. The molecular weight excluding hydrogens is 561 g/mol. The van der Waals surface area contributed by atoms with Crippen LogP contribution in [0.5, 0.6) is 11.5 Å². The highest BCUT2D eigenvalue weighted by atomic mass is 35.5. The summed E-state index contributed by atoms with van der Waals surface area (Å²) in [6, 6.07) is 15.5. The molecule has 9 nitrogen and oxygen atoms in total. The molecule has 3 aromatic rings. The minimum Gasteiger partial charge on any atom is -0.493 e. The van der Waals surface area contributed by atoms with E-state index in [-0.39, 0.29) is 33.7 Å². The van der Waals surface area contributed by atoms with Crippen molar-refractivity contribution in [3.63, 3.8) is 0 Å². The lowest BCUT2D eigenvalue weighted by atomic mass is 10.1. The summed E-state index contributed by atoms with van der Waals surface area (Å²) < 4.78 is 24.3. The lowest BCUT2D eigenvalue weighted by Crippen LogP contribution is -2.36. The molecule has 0 aromatic heterocycles. The second-order valence-electron chi connectivity index (χ2n) is 8.56. The van der Waals surface area contributed by atoms with Crippen molar-refractivity contribution in [1.29, 1.82) is 0 Å². The van der Waals surface area contributed by atoms with Crippen LogP contribution in [0.1, 0.15) is 11.1 Å². The van der Waals surface area contributed by atoms with Crippen molar-refractivity contribution in [3.8, 4) is 11.5 Å². The number of carbonyl (C=O) groups is 4. The Morgan fingerprint density at radius 3 is 2.45 bits per heavy atom. The van der Waals surface area contributed by atoms with Gasteiger partial charge in [-0.2, -0.15) is 0 Å². The number of hydrogen-bond acceptors (Lipinski definition) is 7. The second kappa shape index (κ2) is 12.7. The van der Waals surface area contributed by atoms with Crippen LogP contribution in [0.4, 0.5) is 20.6 Å². The van der Waals surface area contributed by atoms with Crippen molar-refractivity contribution in [2.24, 2.45) is 0 Å². The van der Waals surface area contributed by atoms with E-state index in [1.54, 1.807) is 12.1 Å². The summed E-state index contributed by atoms with van der Waals surface area (Å²) in [5, 5.41) is 4.65. The standard InChI is InChI=1S/C28H23ClFN3O6S/c1-16-6-8-19(9-7-16)31-25(35)15-39-26-21(29)10-17(11-22(26)38-2)12-23-27(36)33(28(37)40-23)14-24(34)32-20-5-3-4-18(30)13-20/h3-13H,14-15H2,1-2H3,(H,31,35)(H,32,34)/b23-12+. The third-order valence-electron chi connectivity index (χ3n) is 5.52. The normalized spacial score (nSPS) is 13.9. The van der Waals surface area contributed by atoms with Gasteiger partial charge in [0.25, 0.3) is 17.1 Å². The van der Waals surface area contributed by atoms with Gasteiger partial charge in [-0.25, -0.2) is 4.39 Å². The van der Waals surface area contributed by atoms with E-state index in [1.165, 1.54) is 43.5 Å². The minimum atomic E-state index is -0.674. The van der Waals surface area contributed by atoms with Gasteiger partial charge in [0, 0.05) is 11.4 Å². The Hall–Kier alpha value is -4.35. The van der Waals surface area contributed by atoms with Crippen LogP contribution < -0.4 is 20.1 Å². The summed E-state index contributed by atoms with van der Waals surface area (Å²) in [5.41, 5.74) is 2.30. The Morgan fingerprint density at radius 1 is 1.02 bits per heavy atom. The molecule has 1 saturated heterocycles. The fourth-order valence-electron chi connectivity index (χ4n) is 3.63. The van der Waals surface area contributed by atoms with Crippen molar-refractivity contribution >= 4 is 63.8 Å². The molecule has 4 amide bonds. The quantitative estimate of drug-likeness (QED) is 0.320. The number of rotatable bonds is 9. The molecule has 40 heavy (non-hydrogen) atoms. The molecule has 2 N–H and O–H groups in total. The van der Waals surface area contributed by atoms with Gasteiger partial charge in [-0.15, -0.1) is 0 Å². The van der Waals surface area contributed by atoms with Gasteiger partial charge in [-0.3, -0.25) is 24.1 Å². The van der Waals surface area contributed by atoms with Gasteiger partial charge in [0.15, 0.2) is 18.1 Å². The van der Waals surface area contributed by atoms with Crippen molar-refractivity contribution < 1.29 is 33.0 Å². The molecule has 0 radical (unpaired) electrons. The van der Waals surface area contributed by atoms with Crippen LogP contribution in [0, 0.1) is 12.7 Å². The van der Waals surface area contributed by atoms with Crippen molar-refractivity contribution in [2.75, 3.05) is 30.9 Å². The van der Waals surface area contributed by atoms with Crippen LogP contribution in [0.2, 0.25) is 5.02 Å². The van der Waals surface area contributed by atoms with Crippen LogP contribution in [-0.4, -0.2) is 48.1 Å². The average molecular weight is 584 g/mol. The molecule has 4 rings (SSSR count). The first-order valence-corrected chi connectivity index (χ1v) is 13.0. The Balaban J connectivity index is 1.42. The van der Waals surface area contributed by atoms with Crippen molar-refractivity contribution in [1.82, 2.24) is 4.90 Å². The molecule has 0 bridgehead atoms. The van der Waals surface area contributed by atoms with Crippen molar-refractivity contribution in [3.05, 3.63) is 87.5 Å². The van der Waals surface area contributed by atoms with E-state index >= 15 is 0 Å². The monoisotopic (exact) mass is 583 g/mol. The number of carbonyl (C=O) groups excluding carboxylic acids is 4. The topological polar surface area (TPSA) is 114 Å². The molecule has 1 aliphatic rings. The molecule has 12 heteroatoms. The number of thioether (sulfide) groups is 1. The summed E-state index contributed by atoms with van der Waals surface area (Å²) in [5.74, 6) is -1.94. The van der Waals surface area contributed by atoms with Crippen molar-refractivity contribution in [2.45, 2.75) is 6.92 Å². The van der Waals surface area contributed by atoms with Gasteiger partial charge in [-0.05, 0) is 72.8 Å². The highest BCUT2D eigenvalue weighted by Crippen LogP contribution is 2.39. The zero-order chi connectivity index (χ0) is 28.8. The molecule has 0 atom stereocenters. The zero-order valence-corrected chi connectivity index (χ0v) is 22.9. The lowest BCUT2D eigenvalue weighted by Gasteiger charge is -2.14. The first-order valence-electron chi connectivity index (χ1n) is 11.8. The summed E-state index contributed by atoms with van der Waals surface area (Å²) in [6.45, 7) is 1.06. The summed E-state index contributed by atoms with van der Waals surface area (Å²) >= 11 is 7.05. The van der Waals surface area contributed by atoms with Gasteiger partial charge in [0.05, 0.1) is 17.0 Å². The zero-order valence-electron chi connectivity index (χ0n) is 21.3. The fourth-order valence-corrected chi connectivity index (χ4v) is 4.74. The van der Waals surface area contributed by atoms with E-state index in [2.05, 4.69) is 10.6 Å². The SMILES string of the molecule is COc1cc(/C=C2/SC(=O)N(CC(=O)Nc3cccc(F)c3)C2=O)cc(Cl)c1OCC(=O)Nc1ccc(C)cc1. The number of nitrogens with zero attached hydrogens (tertiary/aromatic N) is 1. The van der Waals surface area contributed by atoms with Crippen LogP contribution in [0.25, 0.3) is 6.08 Å². The molecule has 1 heterocycles. The maximum Gasteiger partial charge on any atom is 0.294 e. The summed E-state index contributed by atoms with van der Waals surface area (Å²) in [4.78, 5) is 50.8. The number of imide groups is 1. The van der Waals surface area contributed by atoms with Crippen LogP contribution >= 0.6 is 23.4 Å². The van der Waals surface area contributed by atoms with Gasteiger partial charge in [-0.1, -0.05) is 35.4 Å². The number of anilines is 2. The van der Waals surface area contributed by atoms with Gasteiger partial charge in [0.1, 0.15) is 12.4 Å². The van der Waals surface area contributed by atoms with E-state index in [4.69, 9.17) is 21.1 Å². The maximum absolute atomic E-state index is 13.4. The van der Waals surface area contributed by atoms with E-state index in [9.17, 15) is 23.6 Å². The molecular formula is C28H23ClFN3O6S. The summed E-state index contributed by atoms with van der Waals surface area (Å²) in [6.07, 6.45) is 1.43. The Bertz CT molecular complexity index is 1510. The molecule has 3 aromatic carbocycles. The fraction of sp³-hybridized carbons (Fsp3) is 0.143. The highest BCUT2D eigenvalue weighted by molar-refractivity contribution is 8.18. The third kappa shape index (κ3) is 7.19. The van der Waals surface area contributed by atoms with Gasteiger partial charge >= 0.3 is 0 Å². The first kappa shape index (κ1) is 28.7. The molecule has 1 fully saturated rings. The number of benzene rings is 3. The first-order chi connectivity index (χ1) is 19.1. The number of hydrogen-bond donors (Lipinski definition) is 2. The minimum absolute atomic E-state index is 0.0628. The highest BCUT2D eigenvalue weighted by Gasteiger charge is 2.36. The van der Waals surface area contributed by atoms with Gasteiger partial charge < -0.3 is 20.1 Å². The largest absolute Gasteiger partial charge is 0.493 e. The predicted octanol–water partition coefficient (Wildman–Crippen LogP) is 5.49. The molecule has 0 unspecified atom stereocenters. The Labute approximate surface area is 238 Å². The predicted molar refractivity (Wildman–Crippen MR) is 151 cm³/mol. The lowest BCUT2D eigenvalue weighted by molar-refractivity contribution is -0.127. The number of methoxy groups -OCH3 is 1. The molecule has 0 spiro atoms. The number of halogens is 2. The smallest absolute Gasteiger partial charge is 0.294 e. The number of aryl methyl sites for hydroxylation is 1. The molecule has 0 saturated carbocycles. The van der Waals surface area contributed by atoms with Gasteiger partial charge in [0.2, 0.25) is 5.91 Å². The van der Waals surface area contributed by atoms with Crippen LogP contribution in [0.3, 0.4) is 0 Å². The Kier molecular flexibility index (Phi) is 9.08. The van der Waals surface area contributed by atoms with E-state index in [0.717, 1.165) is 16.5 Å². The number of amides is 4. The maximum atomic E-state index is 13.4. The third-order valence-corrected chi connectivity index (χ3v) is 6.70.